The van der Waals surface area contributed by atoms with Crippen LogP contribution in [0.2, 0.25) is 0 Å². The minimum Gasteiger partial charge on any atom is -0.0651 e. The summed E-state index contributed by atoms with van der Waals surface area (Å²) in [4.78, 5) is 0. The molecule has 0 spiro atoms. The van der Waals surface area contributed by atoms with E-state index >= 15 is 0 Å². The molecule has 0 aliphatic heterocycles. The molecule has 4 rings (SSSR count). The van der Waals surface area contributed by atoms with Gasteiger partial charge in [-0.25, -0.2) is 0 Å². The Morgan fingerprint density at radius 3 is 2.23 bits per heavy atom. The van der Waals surface area contributed by atoms with Crippen LogP contribution in [0.25, 0.3) is 0 Å². The van der Waals surface area contributed by atoms with E-state index in [4.69, 9.17) is 0 Å². The molecule has 0 heteroatoms. The third-order valence-corrected chi connectivity index (χ3v) is 12.5. The van der Waals surface area contributed by atoms with Crippen molar-refractivity contribution in [3.63, 3.8) is 0 Å². The Bertz CT molecular complexity index is 591. The van der Waals surface area contributed by atoms with Crippen molar-refractivity contribution in [3.8, 4) is 0 Å². The fraction of sp³-hybridized carbons (Fsp3) is 1.00. The molecule has 0 saturated heterocycles. The lowest BCUT2D eigenvalue weighted by Crippen LogP contribution is -2.56. The van der Waals surface area contributed by atoms with Crippen LogP contribution in [0.15, 0.2) is 0 Å². The SMILES string of the molecule is CCC(CCC(C)C1CCC2C3C(CC)CC4CCCCC4(C)C3CCC12C)C(C)C. The first-order valence-corrected chi connectivity index (χ1v) is 14.8. The molecule has 4 aliphatic rings. The zero-order valence-electron chi connectivity index (χ0n) is 22.4. The standard InChI is InChI=1S/C31H56/c1-8-23(21(3)4)14-13-22(5)26-15-16-27-29-24(9-2)20-25-12-10-11-18-30(25,6)28(29)17-19-31(26,27)7/h21-29H,8-20H2,1-7H3. The molecule has 4 fully saturated rings. The van der Waals surface area contributed by atoms with Gasteiger partial charge in [0.25, 0.3) is 0 Å². The molecule has 10 unspecified atom stereocenters. The first-order valence-electron chi connectivity index (χ1n) is 14.8. The maximum absolute atomic E-state index is 2.78. The summed E-state index contributed by atoms with van der Waals surface area (Å²) in [6.07, 6.45) is 19.7. The molecular weight excluding hydrogens is 372 g/mol. The smallest absolute Gasteiger partial charge is 0.0264 e. The minimum absolute atomic E-state index is 0.644. The van der Waals surface area contributed by atoms with Crippen LogP contribution in [0, 0.1) is 64.1 Å². The summed E-state index contributed by atoms with van der Waals surface area (Å²) in [7, 11) is 0. The first kappa shape index (κ1) is 24.1. The third-order valence-electron chi connectivity index (χ3n) is 12.5. The summed E-state index contributed by atoms with van der Waals surface area (Å²) < 4.78 is 0. The predicted molar refractivity (Wildman–Crippen MR) is 136 cm³/mol. The Labute approximate surface area is 196 Å². The van der Waals surface area contributed by atoms with Crippen LogP contribution < -0.4 is 0 Å². The van der Waals surface area contributed by atoms with Crippen molar-refractivity contribution in [2.75, 3.05) is 0 Å². The molecule has 0 aromatic heterocycles. The highest BCUT2D eigenvalue weighted by molar-refractivity contribution is 5.11. The van der Waals surface area contributed by atoms with Crippen LogP contribution in [0.4, 0.5) is 0 Å². The zero-order chi connectivity index (χ0) is 22.4. The molecule has 10 atom stereocenters. The normalized spacial score (nSPS) is 46.8. The maximum Gasteiger partial charge on any atom is -0.0264 e. The highest BCUT2D eigenvalue weighted by atomic mass is 14.7. The fourth-order valence-electron chi connectivity index (χ4n) is 10.6. The monoisotopic (exact) mass is 428 g/mol. The van der Waals surface area contributed by atoms with Crippen molar-refractivity contribution in [1.82, 2.24) is 0 Å². The van der Waals surface area contributed by atoms with Gasteiger partial charge >= 0.3 is 0 Å². The van der Waals surface area contributed by atoms with Gasteiger partial charge in [0, 0.05) is 0 Å². The second kappa shape index (κ2) is 9.33. The minimum atomic E-state index is 0.644. The van der Waals surface area contributed by atoms with Crippen LogP contribution in [0.5, 0.6) is 0 Å². The number of rotatable bonds is 7. The van der Waals surface area contributed by atoms with E-state index in [2.05, 4.69) is 48.5 Å². The Kier molecular flexibility index (Phi) is 7.26. The van der Waals surface area contributed by atoms with E-state index in [0.29, 0.717) is 10.8 Å². The van der Waals surface area contributed by atoms with E-state index in [9.17, 15) is 0 Å². The molecule has 180 valence electrons. The van der Waals surface area contributed by atoms with Gasteiger partial charge in [-0.3, -0.25) is 0 Å². The van der Waals surface area contributed by atoms with Crippen LogP contribution in [0.1, 0.15) is 132 Å². The summed E-state index contributed by atoms with van der Waals surface area (Å²) in [5.74, 6) is 8.95. The summed E-state index contributed by atoms with van der Waals surface area (Å²) in [5.41, 5.74) is 1.33. The van der Waals surface area contributed by atoms with Crippen LogP contribution in [0.3, 0.4) is 0 Å². The van der Waals surface area contributed by atoms with Crippen molar-refractivity contribution in [1.29, 1.82) is 0 Å². The Balaban J connectivity index is 1.51. The summed E-state index contributed by atoms with van der Waals surface area (Å²) in [6, 6.07) is 0. The van der Waals surface area contributed by atoms with Crippen molar-refractivity contribution in [3.05, 3.63) is 0 Å². The molecule has 31 heavy (non-hydrogen) atoms. The quantitative estimate of drug-likeness (QED) is 0.378. The van der Waals surface area contributed by atoms with E-state index in [1.807, 2.05) is 0 Å². The Morgan fingerprint density at radius 2 is 1.55 bits per heavy atom. The molecular formula is C31H56. The van der Waals surface area contributed by atoms with Gasteiger partial charge in [0.05, 0.1) is 0 Å². The summed E-state index contributed by atoms with van der Waals surface area (Å²) >= 11 is 0. The molecule has 0 aromatic rings. The average molecular weight is 429 g/mol. The van der Waals surface area contributed by atoms with Crippen molar-refractivity contribution in [2.24, 2.45) is 64.1 Å². The van der Waals surface area contributed by atoms with Crippen LogP contribution in [-0.2, 0) is 0 Å². The Hall–Kier alpha value is 0. The summed E-state index contributed by atoms with van der Waals surface area (Å²) in [6.45, 7) is 18.0. The molecule has 4 saturated carbocycles. The van der Waals surface area contributed by atoms with Crippen molar-refractivity contribution >= 4 is 0 Å². The molecule has 4 aliphatic carbocycles. The molecule has 0 heterocycles. The number of hydrogen-bond donors (Lipinski definition) is 0. The molecule has 0 N–H and O–H groups in total. The molecule has 0 amide bonds. The highest BCUT2D eigenvalue weighted by Crippen LogP contribution is 2.69. The van der Waals surface area contributed by atoms with E-state index in [-0.39, 0.29) is 0 Å². The lowest BCUT2D eigenvalue weighted by atomic mass is 9.42. The van der Waals surface area contributed by atoms with Crippen LogP contribution in [-0.4, -0.2) is 0 Å². The zero-order valence-corrected chi connectivity index (χ0v) is 22.4. The van der Waals surface area contributed by atoms with Crippen molar-refractivity contribution in [2.45, 2.75) is 132 Å². The van der Waals surface area contributed by atoms with Gasteiger partial charge in [-0.05, 0) is 115 Å². The fourth-order valence-corrected chi connectivity index (χ4v) is 10.6. The average Bonchev–Trinajstić information content (AvgIpc) is 3.10. The molecule has 0 aromatic carbocycles. The Morgan fingerprint density at radius 1 is 0.806 bits per heavy atom. The van der Waals surface area contributed by atoms with Gasteiger partial charge in [0.15, 0.2) is 0 Å². The van der Waals surface area contributed by atoms with E-state index in [1.165, 1.54) is 38.5 Å². The predicted octanol–water partition coefficient (Wildman–Crippen LogP) is 9.77. The first-order chi connectivity index (χ1) is 14.8. The van der Waals surface area contributed by atoms with E-state index < -0.39 is 0 Å². The highest BCUT2D eigenvalue weighted by Gasteiger charge is 2.62. The second-order valence-corrected chi connectivity index (χ2v) is 13.8. The van der Waals surface area contributed by atoms with Gasteiger partial charge in [-0.2, -0.15) is 0 Å². The van der Waals surface area contributed by atoms with Gasteiger partial charge in [0.1, 0.15) is 0 Å². The lowest BCUT2D eigenvalue weighted by Gasteiger charge is -2.63. The van der Waals surface area contributed by atoms with Gasteiger partial charge < -0.3 is 0 Å². The molecule has 0 radical (unpaired) electrons. The van der Waals surface area contributed by atoms with Crippen molar-refractivity contribution < 1.29 is 0 Å². The lowest BCUT2D eigenvalue weighted by molar-refractivity contribution is -0.141. The van der Waals surface area contributed by atoms with E-state index in [0.717, 1.165) is 53.3 Å². The topological polar surface area (TPSA) is 0 Å². The number of hydrogen-bond acceptors (Lipinski definition) is 0. The van der Waals surface area contributed by atoms with Crippen LogP contribution >= 0.6 is 0 Å². The van der Waals surface area contributed by atoms with Gasteiger partial charge in [-0.15, -0.1) is 0 Å². The van der Waals surface area contributed by atoms with E-state index in [1.54, 1.807) is 44.9 Å². The van der Waals surface area contributed by atoms with Gasteiger partial charge in [0.2, 0.25) is 0 Å². The van der Waals surface area contributed by atoms with Gasteiger partial charge in [-0.1, -0.05) is 80.6 Å². The second-order valence-electron chi connectivity index (χ2n) is 13.8. The molecule has 0 bridgehead atoms. The molecule has 0 nitrogen and oxygen atoms in total. The maximum atomic E-state index is 2.78. The number of fused-ring (bicyclic) bond motifs is 5. The third kappa shape index (κ3) is 4.07. The largest absolute Gasteiger partial charge is 0.0651 e. The summed E-state index contributed by atoms with van der Waals surface area (Å²) in [5, 5.41) is 0.